The molecule has 4 heteroatoms. The summed E-state index contributed by atoms with van der Waals surface area (Å²) in [5.41, 5.74) is 4.36. The molecule has 0 radical (unpaired) electrons. The lowest BCUT2D eigenvalue weighted by molar-refractivity contribution is 0.160. The molecule has 3 N–H and O–H groups in total. The Morgan fingerprint density at radius 3 is 2.59 bits per heavy atom. The summed E-state index contributed by atoms with van der Waals surface area (Å²) in [6.07, 6.45) is 10.2. The van der Waals surface area contributed by atoms with Crippen LogP contribution >= 0.6 is 0 Å². The molecule has 1 aliphatic carbocycles. The Kier molecular flexibility index (Phi) is 3.74. The fourth-order valence-corrected chi connectivity index (χ4v) is 2.69. The maximum atomic E-state index is 5.69. The Balaban J connectivity index is 2.05. The van der Waals surface area contributed by atoms with Crippen LogP contribution in [0.3, 0.4) is 0 Å². The summed E-state index contributed by atoms with van der Waals surface area (Å²) in [5.74, 6) is 6.26. The number of aromatic nitrogens is 2. The molecule has 4 nitrogen and oxygen atoms in total. The highest BCUT2D eigenvalue weighted by Gasteiger charge is 2.32. The van der Waals surface area contributed by atoms with Crippen molar-refractivity contribution in [3.8, 4) is 0 Å². The van der Waals surface area contributed by atoms with Crippen molar-refractivity contribution >= 4 is 0 Å². The van der Waals surface area contributed by atoms with Gasteiger partial charge in [-0.15, -0.1) is 0 Å². The molecular weight excluding hydrogens is 212 g/mol. The summed E-state index contributed by atoms with van der Waals surface area (Å²) < 4.78 is 0. The number of hydrogen-bond acceptors (Lipinski definition) is 4. The average Bonchev–Trinajstić information content (AvgIpc) is 2.33. The molecule has 0 aliphatic heterocycles. The number of nitrogens with zero attached hydrogens (tertiary/aromatic N) is 2. The molecule has 0 amide bonds. The zero-order chi connectivity index (χ0) is 12.3. The minimum absolute atomic E-state index is 0.139. The molecule has 0 saturated heterocycles. The minimum Gasteiger partial charge on any atom is -0.271 e. The first kappa shape index (κ1) is 12.5. The lowest BCUT2D eigenvalue weighted by atomic mass is 9.71. The van der Waals surface area contributed by atoms with E-state index in [-0.39, 0.29) is 6.04 Å². The zero-order valence-electron chi connectivity index (χ0n) is 10.7. The lowest BCUT2D eigenvalue weighted by Gasteiger charge is -2.37. The van der Waals surface area contributed by atoms with Crippen molar-refractivity contribution in [3.63, 3.8) is 0 Å². The van der Waals surface area contributed by atoms with Crippen LogP contribution in [0.1, 0.15) is 51.3 Å². The Hall–Kier alpha value is -1.00. The van der Waals surface area contributed by atoms with Crippen LogP contribution in [0, 0.1) is 11.3 Å². The van der Waals surface area contributed by atoms with Gasteiger partial charge in [0.25, 0.3) is 0 Å². The smallest absolute Gasteiger partial charge is 0.0772 e. The van der Waals surface area contributed by atoms with Crippen molar-refractivity contribution in [2.24, 2.45) is 17.2 Å². The summed E-state index contributed by atoms with van der Waals surface area (Å²) >= 11 is 0. The third-order valence-electron chi connectivity index (χ3n) is 3.94. The first-order valence-electron chi connectivity index (χ1n) is 6.34. The summed E-state index contributed by atoms with van der Waals surface area (Å²) in [6, 6.07) is 0.139. The van der Waals surface area contributed by atoms with Gasteiger partial charge in [0, 0.05) is 12.4 Å². The van der Waals surface area contributed by atoms with Gasteiger partial charge in [-0.05, 0) is 37.0 Å². The molecule has 17 heavy (non-hydrogen) atoms. The van der Waals surface area contributed by atoms with Gasteiger partial charge in [-0.25, -0.2) is 0 Å². The van der Waals surface area contributed by atoms with Crippen LogP contribution in [0.4, 0.5) is 0 Å². The molecule has 1 fully saturated rings. The maximum Gasteiger partial charge on any atom is 0.0772 e. The first-order chi connectivity index (χ1) is 8.12. The fourth-order valence-electron chi connectivity index (χ4n) is 2.69. The van der Waals surface area contributed by atoms with E-state index in [4.69, 9.17) is 5.84 Å². The molecule has 1 atom stereocenters. The lowest BCUT2D eigenvalue weighted by Crippen LogP contribution is -2.37. The maximum absolute atomic E-state index is 5.69. The van der Waals surface area contributed by atoms with Crippen LogP contribution < -0.4 is 11.3 Å². The minimum atomic E-state index is 0.139. The molecular formula is C13H22N4. The fraction of sp³-hybridized carbons (Fsp3) is 0.692. The molecule has 1 aromatic rings. The van der Waals surface area contributed by atoms with Crippen molar-refractivity contribution < 1.29 is 0 Å². The van der Waals surface area contributed by atoms with Crippen LogP contribution in [-0.2, 0) is 0 Å². The van der Waals surface area contributed by atoms with E-state index in [0.29, 0.717) is 11.3 Å². The summed E-state index contributed by atoms with van der Waals surface area (Å²) in [6.45, 7) is 4.69. The standard InChI is InChI=1S/C13H22N4/c1-13(2)5-3-10(4-6-13)12(17-14)11-9-15-7-8-16-11/h7-10,12,17H,3-6,14H2,1-2H3. The number of rotatable bonds is 3. The van der Waals surface area contributed by atoms with Crippen LogP contribution in [-0.4, -0.2) is 9.97 Å². The highest BCUT2D eigenvalue weighted by atomic mass is 15.2. The second kappa shape index (κ2) is 5.10. The van der Waals surface area contributed by atoms with E-state index in [2.05, 4.69) is 29.2 Å². The molecule has 1 heterocycles. The third kappa shape index (κ3) is 3.01. The predicted molar refractivity (Wildman–Crippen MR) is 67.8 cm³/mol. The van der Waals surface area contributed by atoms with Gasteiger partial charge < -0.3 is 0 Å². The van der Waals surface area contributed by atoms with E-state index in [0.717, 1.165) is 5.69 Å². The quantitative estimate of drug-likeness (QED) is 0.621. The molecule has 1 saturated carbocycles. The van der Waals surface area contributed by atoms with Crippen LogP contribution in [0.2, 0.25) is 0 Å². The normalized spacial score (nSPS) is 22.3. The van der Waals surface area contributed by atoms with Crippen molar-refractivity contribution in [1.82, 2.24) is 15.4 Å². The van der Waals surface area contributed by atoms with E-state index < -0.39 is 0 Å². The Morgan fingerprint density at radius 2 is 2.06 bits per heavy atom. The molecule has 1 aliphatic rings. The Labute approximate surface area is 103 Å². The van der Waals surface area contributed by atoms with E-state index >= 15 is 0 Å². The largest absolute Gasteiger partial charge is 0.271 e. The molecule has 0 spiro atoms. The van der Waals surface area contributed by atoms with E-state index in [1.165, 1.54) is 25.7 Å². The second-order valence-electron chi connectivity index (χ2n) is 5.78. The van der Waals surface area contributed by atoms with Gasteiger partial charge in [0.05, 0.1) is 17.9 Å². The van der Waals surface area contributed by atoms with Gasteiger partial charge in [-0.1, -0.05) is 13.8 Å². The van der Waals surface area contributed by atoms with Gasteiger partial charge >= 0.3 is 0 Å². The van der Waals surface area contributed by atoms with Crippen molar-refractivity contribution in [1.29, 1.82) is 0 Å². The number of hydrazine groups is 1. The van der Waals surface area contributed by atoms with Gasteiger partial charge in [0.2, 0.25) is 0 Å². The molecule has 1 aromatic heterocycles. The molecule has 2 rings (SSSR count). The number of nitrogens with two attached hydrogens (primary N) is 1. The highest BCUT2D eigenvalue weighted by Crippen LogP contribution is 2.42. The number of hydrogen-bond donors (Lipinski definition) is 2. The third-order valence-corrected chi connectivity index (χ3v) is 3.94. The summed E-state index contributed by atoms with van der Waals surface area (Å²) in [5, 5.41) is 0. The Morgan fingerprint density at radius 1 is 1.35 bits per heavy atom. The number of nitrogens with one attached hydrogen (secondary N) is 1. The molecule has 0 bridgehead atoms. The summed E-state index contributed by atoms with van der Waals surface area (Å²) in [7, 11) is 0. The van der Waals surface area contributed by atoms with Crippen LogP contribution in [0.25, 0.3) is 0 Å². The second-order valence-corrected chi connectivity index (χ2v) is 5.78. The average molecular weight is 234 g/mol. The SMILES string of the molecule is CC1(C)CCC(C(NN)c2cnccn2)CC1. The van der Waals surface area contributed by atoms with E-state index in [1.807, 2.05) is 6.20 Å². The highest BCUT2D eigenvalue weighted by molar-refractivity contribution is 5.04. The van der Waals surface area contributed by atoms with Crippen LogP contribution in [0.15, 0.2) is 18.6 Å². The first-order valence-corrected chi connectivity index (χ1v) is 6.34. The molecule has 94 valence electrons. The van der Waals surface area contributed by atoms with Gasteiger partial charge in [-0.2, -0.15) is 0 Å². The Bertz CT molecular complexity index is 340. The molecule has 1 unspecified atom stereocenters. The summed E-state index contributed by atoms with van der Waals surface area (Å²) in [4.78, 5) is 8.48. The van der Waals surface area contributed by atoms with Gasteiger partial charge in [0.1, 0.15) is 0 Å². The van der Waals surface area contributed by atoms with Gasteiger partial charge in [0.15, 0.2) is 0 Å². The van der Waals surface area contributed by atoms with Crippen molar-refractivity contribution in [2.75, 3.05) is 0 Å². The van der Waals surface area contributed by atoms with Crippen LogP contribution in [0.5, 0.6) is 0 Å². The van der Waals surface area contributed by atoms with Crippen molar-refractivity contribution in [3.05, 3.63) is 24.3 Å². The topological polar surface area (TPSA) is 63.8 Å². The molecule has 0 aromatic carbocycles. The monoisotopic (exact) mass is 234 g/mol. The van der Waals surface area contributed by atoms with Gasteiger partial charge in [-0.3, -0.25) is 21.2 Å². The van der Waals surface area contributed by atoms with E-state index in [9.17, 15) is 0 Å². The van der Waals surface area contributed by atoms with Crippen molar-refractivity contribution in [2.45, 2.75) is 45.6 Å². The zero-order valence-corrected chi connectivity index (χ0v) is 10.7. The predicted octanol–water partition coefficient (Wildman–Crippen LogP) is 2.20. The van der Waals surface area contributed by atoms with E-state index in [1.54, 1.807) is 12.4 Å².